The second-order valence-electron chi connectivity index (χ2n) is 19.9. The Bertz CT molecular complexity index is 2540. The highest BCUT2D eigenvalue weighted by molar-refractivity contribution is 9.10. The first kappa shape index (κ1) is 38.2. The van der Waals surface area contributed by atoms with Gasteiger partial charge in [-0.05, 0) is 132 Å². The molecule has 0 radical (unpaired) electrons. The summed E-state index contributed by atoms with van der Waals surface area (Å²) in [7, 11) is 0. The number of rotatable bonds is 3. The molecule has 0 bridgehead atoms. The summed E-state index contributed by atoms with van der Waals surface area (Å²) in [5.41, 5.74) is 12.9. The van der Waals surface area contributed by atoms with Crippen LogP contribution in [-0.2, 0) is 21.7 Å². The maximum Gasteiger partial charge on any atom is 0.131 e. The van der Waals surface area contributed by atoms with Gasteiger partial charge in [0.2, 0.25) is 0 Å². The minimum Gasteiger partial charge on any atom is -0.308 e. The average Bonchev–Trinajstić information content (AvgIpc) is 3.62. The van der Waals surface area contributed by atoms with Gasteiger partial charge < -0.3 is 9.13 Å². The summed E-state index contributed by atoms with van der Waals surface area (Å²) in [6.07, 6.45) is 0. The molecule has 8 rings (SSSR count). The quantitative estimate of drug-likeness (QED) is 0.168. The molecule has 56 heavy (non-hydrogen) atoms. The molecule has 6 aromatic carbocycles. The topological polar surface area (TPSA) is 9.86 Å². The largest absolute Gasteiger partial charge is 0.308 e. The van der Waals surface area contributed by atoms with Crippen LogP contribution in [0.5, 0.6) is 0 Å². The Hall–Kier alpha value is -4.67. The maximum absolute atomic E-state index is 15.9. The Kier molecular flexibility index (Phi) is 8.82. The number of aromatic nitrogens is 2. The van der Waals surface area contributed by atoms with Crippen molar-refractivity contribution in [2.75, 3.05) is 0 Å². The molecule has 0 saturated heterocycles. The van der Waals surface area contributed by atoms with E-state index in [1.165, 1.54) is 43.8 Å². The number of benzene rings is 6. The van der Waals surface area contributed by atoms with Crippen molar-refractivity contribution in [3.05, 3.63) is 142 Å². The van der Waals surface area contributed by atoms with Crippen molar-refractivity contribution >= 4 is 59.5 Å². The van der Waals surface area contributed by atoms with E-state index in [2.05, 4.69) is 193 Å². The zero-order valence-electron chi connectivity index (χ0n) is 35.0. The maximum atomic E-state index is 15.9. The zero-order chi connectivity index (χ0) is 40.3. The van der Waals surface area contributed by atoms with Crippen LogP contribution in [0.2, 0.25) is 0 Å². The fraction of sp³-hybridized carbons (Fsp3) is 0.308. The molecule has 0 atom stereocenters. The summed E-state index contributed by atoms with van der Waals surface area (Å²) in [6, 6.07) is 39.1. The molecule has 2 heterocycles. The van der Waals surface area contributed by atoms with Crippen molar-refractivity contribution < 1.29 is 4.39 Å². The minimum absolute atomic E-state index is 0.0149. The lowest BCUT2D eigenvalue weighted by atomic mass is 9.85. The summed E-state index contributed by atoms with van der Waals surface area (Å²) < 4.78 is 21.6. The van der Waals surface area contributed by atoms with Crippen LogP contribution >= 0.6 is 15.9 Å². The van der Waals surface area contributed by atoms with Gasteiger partial charge in [-0.25, -0.2) is 4.39 Å². The third-order valence-electron chi connectivity index (χ3n) is 11.7. The monoisotopic (exact) mass is 804 g/mol. The van der Waals surface area contributed by atoms with Gasteiger partial charge in [-0.2, -0.15) is 0 Å². The summed E-state index contributed by atoms with van der Waals surface area (Å²) >= 11 is 4.24. The Morgan fingerprint density at radius 3 is 1.00 bits per heavy atom. The summed E-state index contributed by atoms with van der Waals surface area (Å²) in [6.45, 7) is 27.3. The Labute approximate surface area is 340 Å². The van der Waals surface area contributed by atoms with Gasteiger partial charge in [0.05, 0.1) is 37.9 Å². The minimum atomic E-state index is -0.245. The van der Waals surface area contributed by atoms with Gasteiger partial charge >= 0.3 is 0 Å². The molecule has 0 spiro atoms. The van der Waals surface area contributed by atoms with Crippen molar-refractivity contribution in [3.8, 4) is 22.5 Å². The van der Waals surface area contributed by atoms with E-state index in [1.807, 2.05) is 12.1 Å². The Morgan fingerprint density at radius 2 is 0.714 bits per heavy atom. The van der Waals surface area contributed by atoms with Gasteiger partial charge in [0.15, 0.2) is 0 Å². The lowest BCUT2D eigenvalue weighted by Gasteiger charge is -2.21. The van der Waals surface area contributed by atoms with E-state index in [1.54, 1.807) is 12.1 Å². The van der Waals surface area contributed by atoms with Crippen molar-refractivity contribution in [1.82, 2.24) is 9.13 Å². The van der Waals surface area contributed by atoms with E-state index in [0.717, 1.165) is 43.5 Å². The average molecular weight is 806 g/mol. The van der Waals surface area contributed by atoms with Crippen LogP contribution in [0.25, 0.3) is 66.1 Å². The molecular weight excluding hydrogens is 751 g/mol. The lowest BCUT2D eigenvalue weighted by molar-refractivity contribution is 0.590. The van der Waals surface area contributed by atoms with Crippen LogP contribution in [0.15, 0.2) is 114 Å². The van der Waals surface area contributed by atoms with Gasteiger partial charge in [0, 0.05) is 27.1 Å². The number of nitrogens with zero attached hydrogens (tertiary/aromatic N) is 2. The normalized spacial score (nSPS) is 13.2. The van der Waals surface area contributed by atoms with E-state index in [9.17, 15) is 0 Å². The van der Waals surface area contributed by atoms with Gasteiger partial charge in [-0.3, -0.25) is 0 Å². The van der Waals surface area contributed by atoms with Gasteiger partial charge in [0.1, 0.15) is 5.82 Å². The first-order valence-electron chi connectivity index (χ1n) is 19.9. The van der Waals surface area contributed by atoms with E-state index in [-0.39, 0.29) is 27.5 Å². The molecule has 0 unspecified atom stereocenters. The zero-order valence-corrected chi connectivity index (χ0v) is 36.6. The lowest BCUT2D eigenvalue weighted by Crippen LogP contribution is -2.10. The smallest absolute Gasteiger partial charge is 0.131 e. The molecule has 2 aromatic heterocycles. The third-order valence-corrected chi connectivity index (χ3v) is 12.5. The molecule has 4 heteroatoms. The number of fused-ring (bicyclic) bond motifs is 6. The molecule has 0 amide bonds. The molecule has 0 saturated carbocycles. The van der Waals surface area contributed by atoms with Gasteiger partial charge in [-0.1, -0.05) is 126 Å². The highest BCUT2D eigenvalue weighted by Crippen LogP contribution is 2.45. The molecule has 0 aliphatic rings. The molecule has 0 fully saturated rings. The number of hydrogen-bond acceptors (Lipinski definition) is 0. The predicted octanol–water partition coefficient (Wildman–Crippen LogP) is 15.6. The van der Waals surface area contributed by atoms with Crippen molar-refractivity contribution in [2.24, 2.45) is 0 Å². The van der Waals surface area contributed by atoms with Crippen LogP contribution in [0.4, 0.5) is 4.39 Å². The molecule has 0 N–H and O–H groups in total. The Balaban J connectivity index is 1.53. The number of halogens is 2. The van der Waals surface area contributed by atoms with Crippen molar-refractivity contribution in [3.63, 3.8) is 0 Å². The molecule has 0 aliphatic carbocycles. The van der Waals surface area contributed by atoms with E-state index in [4.69, 9.17) is 0 Å². The van der Waals surface area contributed by atoms with Crippen LogP contribution in [0.1, 0.15) is 105 Å². The van der Waals surface area contributed by atoms with Crippen molar-refractivity contribution in [1.29, 1.82) is 0 Å². The van der Waals surface area contributed by atoms with E-state index in [0.29, 0.717) is 5.56 Å². The highest BCUT2D eigenvalue weighted by Gasteiger charge is 2.26. The number of hydrogen-bond donors (Lipinski definition) is 0. The summed E-state index contributed by atoms with van der Waals surface area (Å²) in [5.74, 6) is -0.245. The van der Waals surface area contributed by atoms with Crippen LogP contribution in [-0.4, -0.2) is 9.13 Å². The fourth-order valence-corrected chi connectivity index (χ4v) is 8.79. The second-order valence-corrected chi connectivity index (χ2v) is 20.7. The molecule has 286 valence electrons. The highest BCUT2D eigenvalue weighted by atomic mass is 79.9. The van der Waals surface area contributed by atoms with Gasteiger partial charge in [0.25, 0.3) is 0 Å². The summed E-state index contributed by atoms with van der Waals surface area (Å²) in [5, 5.41) is 4.85. The molecule has 2 nitrogen and oxygen atoms in total. The molecular formula is C52H54BrFN2. The fourth-order valence-electron chi connectivity index (χ4n) is 8.20. The Morgan fingerprint density at radius 1 is 0.411 bits per heavy atom. The first-order chi connectivity index (χ1) is 26.1. The van der Waals surface area contributed by atoms with E-state index < -0.39 is 0 Å². The molecule has 8 aromatic rings. The first-order valence-corrected chi connectivity index (χ1v) is 20.7. The predicted molar refractivity (Wildman–Crippen MR) is 243 cm³/mol. The van der Waals surface area contributed by atoms with Crippen LogP contribution < -0.4 is 0 Å². The second kappa shape index (κ2) is 12.9. The van der Waals surface area contributed by atoms with Crippen LogP contribution in [0.3, 0.4) is 0 Å². The SMILES string of the molecule is CC(C)(C)c1ccc2c(c1)c1cc(C(C)(C)C)ccc1n2-c1cc(-c2ccccc2F)cc(-n2c3ccc(C(C)(C)C)cc3c3cc(C(C)(C)C)ccc32)c1Br. The summed E-state index contributed by atoms with van der Waals surface area (Å²) in [4.78, 5) is 0. The van der Waals surface area contributed by atoms with Gasteiger partial charge in [-0.15, -0.1) is 0 Å². The van der Waals surface area contributed by atoms with E-state index >= 15 is 4.39 Å². The third kappa shape index (κ3) is 6.39. The molecule has 0 aliphatic heterocycles. The van der Waals surface area contributed by atoms with Crippen molar-refractivity contribution in [2.45, 2.75) is 105 Å². The van der Waals surface area contributed by atoms with Crippen LogP contribution in [0, 0.1) is 5.82 Å². The standard InChI is InChI=1S/C52H54BrFN2/c1-49(2,3)32-17-21-42-37(27-32)38-28-33(50(4,5)6)18-22-43(38)55(42)46-25-31(36-15-13-14-16-41(36)54)26-47(48(46)53)56-44-23-19-34(51(7,8)9)29-39(44)40-30-35(52(10,11)12)20-24-45(40)56/h13-30H,1-12H3.